The number of carbonyl (C=O) groups excluding carboxylic acids is 1. The molecule has 0 spiro atoms. The molecule has 0 radical (unpaired) electrons. The molecule has 0 aliphatic rings. The minimum Gasteiger partial charge on any atom is -0.267 e. The molecule has 10 heteroatoms. The number of hydrazine groups is 1. The van der Waals surface area contributed by atoms with Crippen LogP contribution in [0, 0.1) is 20.8 Å². The quantitative estimate of drug-likeness (QED) is 0.668. The van der Waals surface area contributed by atoms with Crippen LogP contribution >= 0.6 is 0 Å². The third-order valence-electron chi connectivity index (χ3n) is 3.83. The average molecular weight is 390 g/mol. The van der Waals surface area contributed by atoms with E-state index in [1.165, 1.54) is 12.1 Å². The van der Waals surface area contributed by atoms with Gasteiger partial charge in [-0.15, -0.1) is 0 Å². The third-order valence-corrected chi connectivity index (χ3v) is 3.83. The largest absolute Gasteiger partial charge is 0.434 e. The van der Waals surface area contributed by atoms with E-state index in [-0.39, 0.29) is 11.6 Å². The molecule has 2 N–H and O–H groups in total. The molecule has 0 saturated heterocycles. The van der Waals surface area contributed by atoms with Crippen LogP contribution in [0.3, 0.4) is 0 Å². The molecule has 0 atom stereocenters. The molecule has 0 bridgehead atoms. The predicted molar refractivity (Wildman–Crippen MR) is 95.9 cm³/mol. The Bertz CT molecular complexity index is 991. The van der Waals surface area contributed by atoms with Crippen LogP contribution in [0.2, 0.25) is 0 Å². The lowest BCUT2D eigenvalue weighted by Crippen LogP contribution is -2.32. The van der Waals surface area contributed by atoms with Crippen molar-refractivity contribution in [3.63, 3.8) is 0 Å². The van der Waals surface area contributed by atoms with Gasteiger partial charge in [-0.1, -0.05) is 17.7 Å². The number of nitrogens with one attached hydrogen (secondary N) is 2. The number of hydrogen-bond donors (Lipinski definition) is 2. The Kier molecular flexibility index (Phi) is 5.04. The van der Waals surface area contributed by atoms with E-state index >= 15 is 0 Å². The van der Waals surface area contributed by atoms with Crippen LogP contribution in [0.1, 0.15) is 33.0 Å². The smallest absolute Gasteiger partial charge is 0.267 e. The fourth-order valence-corrected chi connectivity index (χ4v) is 2.63. The number of rotatable bonds is 4. The molecule has 1 aromatic carbocycles. The van der Waals surface area contributed by atoms with Crippen molar-refractivity contribution in [2.45, 2.75) is 26.9 Å². The zero-order chi connectivity index (χ0) is 20.5. The van der Waals surface area contributed by atoms with Crippen molar-refractivity contribution in [1.82, 2.24) is 25.2 Å². The highest BCUT2D eigenvalue weighted by atomic mass is 19.4. The van der Waals surface area contributed by atoms with Crippen molar-refractivity contribution >= 4 is 11.9 Å². The van der Waals surface area contributed by atoms with Gasteiger partial charge < -0.3 is 0 Å². The zero-order valence-corrected chi connectivity index (χ0v) is 15.3. The number of carbonyl (C=O) groups is 1. The van der Waals surface area contributed by atoms with E-state index < -0.39 is 23.3 Å². The second-order valence-corrected chi connectivity index (χ2v) is 6.21. The van der Waals surface area contributed by atoms with Crippen molar-refractivity contribution in [2.24, 2.45) is 0 Å². The molecule has 0 fully saturated rings. The molecule has 1 amide bonds. The summed E-state index contributed by atoms with van der Waals surface area (Å²) in [6, 6.07) is 8.05. The SMILES string of the molecule is Cc1ccc(-n2ncc(C(=O)NNc3nc(C)cc(C)n3)c2C(F)(F)F)cc1. The Labute approximate surface area is 158 Å². The van der Waals surface area contributed by atoms with Crippen molar-refractivity contribution in [3.8, 4) is 5.69 Å². The van der Waals surface area contributed by atoms with E-state index in [0.29, 0.717) is 16.1 Å². The first-order chi connectivity index (χ1) is 13.1. The summed E-state index contributed by atoms with van der Waals surface area (Å²) in [4.78, 5) is 20.5. The van der Waals surface area contributed by atoms with Crippen LogP contribution in [-0.4, -0.2) is 25.7 Å². The first-order valence-electron chi connectivity index (χ1n) is 8.26. The summed E-state index contributed by atoms with van der Waals surface area (Å²) in [5.74, 6) is -0.932. The molecule has 0 saturated carbocycles. The monoisotopic (exact) mass is 390 g/mol. The number of amides is 1. The summed E-state index contributed by atoms with van der Waals surface area (Å²) < 4.78 is 41.6. The highest BCUT2D eigenvalue weighted by Crippen LogP contribution is 2.33. The van der Waals surface area contributed by atoms with Gasteiger partial charge in [0.25, 0.3) is 5.91 Å². The standard InChI is InChI=1S/C18H17F3N6O/c1-10-4-6-13(7-5-10)27-15(18(19,20)21)14(9-22-27)16(28)25-26-17-23-11(2)8-12(3)24-17/h4-9H,1-3H3,(H,25,28)(H,23,24,26). The van der Waals surface area contributed by atoms with Gasteiger partial charge in [0.15, 0.2) is 5.69 Å². The van der Waals surface area contributed by atoms with E-state index in [1.54, 1.807) is 32.0 Å². The van der Waals surface area contributed by atoms with Crippen molar-refractivity contribution in [2.75, 3.05) is 5.43 Å². The topological polar surface area (TPSA) is 84.7 Å². The number of benzene rings is 1. The number of halogens is 3. The molecule has 2 aromatic heterocycles. The molecule has 3 rings (SSSR count). The Balaban J connectivity index is 1.90. The molecule has 0 unspecified atom stereocenters. The van der Waals surface area contributed by atoms with E-state index in [0.717, 1.165) is 11.8 Å². The average Bonchev–Trinajstić information content (AvgIpc) is 3.05. The van der Waals surface area contributed by atoms with E-state index in [2.05, 4.69) is 25.9 Å². The van der Waals surface area contributed by atoms with Crippen molar-refractivity contribution < 1.29 is 18.0 Å². The number of hydrogen-bond acceptors (Lipinski definition) is 5. The molecular weight excluding hydrogens is 373 g/mol. The number of nitrogens with zero attached hydrogens (tertiary/aromatic N) is 4. The molecule has 3 aromatic rings. The van der Waals surface area contributed by atoms with Crippen molar-refractivity contribution in [3.05, 3.63) is 64.7 Å². The number of aromatic nitrogens is 4. The summed E-state index contributed by atoms with van der Waals surface area (Å²) in [7, 11) is 0. The van der Waals surface area contributed by atoms with Crippen LogP contribution in [0.15, 0.2) is 36.5 Å². The molecular formula is C18H17F3N6O. The number of anilines is 1. The van der Waals surface area contributed by atoms with Gasteiger partial charge in [0.05, 0.1) is 17.4 Å². The molecule has 7 nitrogen and oxygen atoms in total. The maximum Gasteiger partial charge on any atom is 0.434 e. The van der Waals surface area contributed by atoms with Gasteiger partial charge in [0, 0.05) is 11.4 Å². The van der Waals surface area contributed by atoms with E-state index in [1.807, 2.05) is 6.92 Å². The lowest BCUT2D eigenvalue weighted by atomic mass is 10.2. The molecule has 2 heterocycles. The van der Waals surface area contributed by atoms with Crippen LogP contribution in [-0.2, 0) is 6.18 Å². The Hall–Kier alpha value is -3.43. The Morgan fingerprint density at radius 1 is 1.04 bits per heavy atom. The summed E-state index contributed by atoms with van der Waals surface area (Å²) in [5.41, 5.74) is 5.21. The van der Waals surface area contributed by atoms with E-state index in [4.69, 9.17) is 0 Å². The molecule has 0 aliphatic heterocycles. The number of aryl methyl sites for hydroxylation is 3. The third kappa shape index (κ3) is 4.11. The highest BCUT2D eigenvalue weighted by Gasteiger charge is 2.40. The second kappa shape index (κ2) is 7.29. The lowest BCUT2D eigenvalue weighted by molar-refractivity contribution is -0.143. The van der Waals surface area contributed by atoms with Gasteiger partial charge in [-0.05, 0) is 39.0 Å². The normalized spacial score (nSPS) is 11.4. The molecule has 146 valence electrons. The maximum atomic E-state index is 13.7. The van der Waals surface area contributed by atoms with Gasteiger partial charge >= 0.3 is 6.18 Å². The van der Waals surface area contributed by atoms with Gasteiger partial charge in [0.1, 0.15) is 0 Å². The van der Waals surface area contributed by atoms with E-state index in [9.17, 15) is 18.0 Å². The molecule has 0 aliphatic carbocycles. The summed E-state index contributed by atoms with van der Waals surface area (Å²) >= 11 is 0. The summed E-state index contributed by atoms with van der Waals surface area (Å²) in [5, 5.41) is 3.76. The first kappa shape index (κ1) is 19.3. The maximum absolute atomic E-state index is 13.7. The van der Waals surface area contributed by atoms with Gasteiger partial charge in [0.2, 0.25) is 5.95 Å². The zero-order valence-electron chi connectivity index (χ0n) is 15.3. The van der Waals surface area contributed by atoms with Crippen molar-refractivity contribution in [1.29, 1.82) is 0 Å². The predicted octanol–water partition coefficient (Wildman–Crippen LogP) is 3.36. The lowest BCUT2D eigenvalue weighted by Gasteiger charge is -2.13. The van der Waals surface area contributed by atoms with Crippen LogP contribution in [0.4, 0.5) is 19.1 Å². The molecule has 28 heavy (non-hydrogen) atoms. The first-order valence-corrected chi connectivity index (χ1v) is 8.26. The summed E-state index contributed by atoms with van der Waals surface area (Å²) in [6.07, 6.45) is -3.91. The van der Waals surface area contributed by atoms with Crippen LogP contribution in [0.5, 0.6) is 0 Å². The fourth-order valence-electron chi connectivity index (χ4n) is 2.63. The van der Waals surface area contributed by atoms with Gasteiger partial charge in [-0.2, -0.15) is 18.3 Å². The summed E-state index contributed by atoms with van der Waals surface area (Å²) in [6.45, 7) is 5.28. The van der Waals surface area contributed by atoms with Crippen LogP contribution in [0.25, 0.3) is 5.69 Å². The van der Waals surface area contributed by atoms with Gasteiger partial charge in [-0.25, -0.2) is 14.6 Å². The minimum absolute atomic E-state index is 0.0744. The fraction of sp³-hybridized carbons (Fsp3) is 0.222. The van der Waals surface area contributed by atoms with Crippen LogP contribution < -0.4 is 10.9 Å². The minimum atomic E-state index is -4.79. The Morgan fingerprint density at radius 2 is 1.64 bits per heavy atom. The number of alkyl halides is 3. The second-order valence-electron chi connectivity index (χ2n) is 6.21. The van der Waals surface area contributed by atoms with Gasteiger partial charge in [-0.3, -0.25) is 15.6 Å². The highest BCUT2D eigenvalue weighted by molar-refractivity contribution is 5.96. The Morgan fingerprint density at radius 3 is 2.21 bits per heavy atom.